The van der Waals surface area contributed by atoms with E-state index in [0.29, 0.717) is 12.8 Å². The van der Waals surface area contributed by atoms with Gasteiger partial charge in [0.1, 0.15) is 123 Å². The van der Waals surface area contributed by atoms with Crippen LogP contribution in [0.5, 0.6) is 0 Å². The summed E-state index contributed by atoms with van der Waals surface area (Å²) >= 11 is 0. The van der Waals surface area contributed by atoms with Crippen LogP contribution >= 0.6 is 0 Å². The molecule has 0 aromatic heterocycles. The molecule has 676 valence electrons. The molecular formula is C81H145N3O32. The number of unbranched alkanes of at least 4 members (excludes halogenated alkanes) is 30. The second-order valence-electron chi connectivity index (χ2n) is 31.8. The Hall–Kier alpha value is -3.72. The fourth-order valence-corrected chi connectivity index (χ4v) is 15.4. The van der Waals surface area contributed by atoms with E-state index in [0.717, 1.165) is 58.3 Å². The second kappa shape index (κ2) is 56.9. The first kappa shape index (κ1) is 103. The number of aliphatic hydroxyl groups is 17. The SMILES string of the molecule is CCCCCCCC/C=C\CCCCCCCCCCCCCCCC(=O)N[C@@H](CO[C@@H]1OC(CO)[C@@H](O[C@@H]2OC(CO)[C@H](O)[C@H](O[C@@H]3OC(CO)[C@@H](O[C@@H]4OC(CO)[C@H](O)[C@H](O[C@]5(C(=O)O)CC(O)[C@@H](NC(=O)CO)C([C@H](O)[C@H](O)CO)O5)C4O)[C@H](O)C3NC(C)=O)C2O)[C@H](O)C1O)[C@H](O)/C=C/CCCCCCCCCCCCC. The Morgan fingerprint density at radius 1 is 0.457 bits per heavy atom. The van der Waals surface area contributed by atoms with Gasteiger partial charge in [-0.05, 0) is 44.9 Å². The van der Waals surface area contributed by atoms with Crippen LogP contribution in [0.1, 0.15) is 245 Å². The zero-order valence-corrected chi connectivity index (χ0v) is 68.4. The lowest BCUT2D eigenvalue weighted by Crippen LogP contribution is -2.71. The van der Waals surface area contributed by atoms with Crippen LogP contribution in [0.15, 0.2) is 24.3 Å². The highest BCUT2D eigenvalue weighted by Crippen LogP contribution is 2.40. The number of amides is 3. The first-order chi connectivity index (χ1) is 55.8. The quantitative estimate of drug-likeness (QED) is 0.0296. The van der Waals surface area contributed by atoms with Crippen molar-refractivity contribution < 1.29 is 158 Å². The number of aliphatic carboxylic acids is 1. The first-order valence-corrected chi connectivity index (χ1v) is 42.9. The standard InChI is InChI=1S/C81H145N3O32/c1-4-6-8-10-12-14-16-18-19-20-21-22-23-24-25-26-27-29-31-33-35-37-39-41-59(95)83-51(52(92)40-38-36-34-32-30-28-17-15-13-11-9-7-5-2)49-107-77-68(102)67(101)72(58(47-89)111-77)113-78-69(103)74(64(98)55(44-86)108-78)114-76-62(82-50(3)91)66(100)71(57(46-88)110-76)112-79-70(104)75(65(99)56(45-87)109-79)116-81(80(105)106)42-53(93)61(84-60(96)48-90)73(115-81)63(97)54(94)43-85/h18-19,38,40,51-58,61-79,85-90,92-94,97-104H,4-17,20-37,39,41-49H2,1-3H3,(H,82,91)(H,83,95)(H,84,96)(H,105,106)/b19-18-,40-38+/t51-,52+,53?,54+,55?,56?,57?,58?,61+,62?,63+,64-,65-,66+,67+,68?,69?,70?,71+,72+,73?,74-,75-,76-,77+,78-,79-,81-/m0/s1. The zero-order chi connectivity index (χ0) is 85.1. The minimum absolute atomic E-state index is 0.167. The van der Waals surface area contributed by atoms with E-state index in [4.69, 9.17) is 47.4 Å². The summed E-state index contributed by atoms with van der Waals surface area (Å²) in [4.78, 5) is 51.9. The van der Waals surface area contributed by atoms with Crippen molar-refractivity contribution in [3.8, 4) is 0 Å². The Morgan fingerprint density at radius 3 is 1.34 bits per heavy atom. The molecule has 0 aromatic carbocycles. The smallest absolute Gasteiger partial charge is 0.364 e. The zero-order valence-electron chi connectivity index (χ0n) is 68.4. The first-order valence-electron chi connectivity index (χ1n) is 42.9. The summed E-state index contributed by atoms with van der Waals surface area (Å²) in [7, 11) is 0. The van der Waals surface area contributed by atoms with Crippen LogP contribution < -0.4 is 16.0 Å². The molecule has 0 spiro atoms. The van der Waals surface area contributed by atoms with Crippen molar-refractivity contribution >= 4 is 23.7 Å². The van der Waals surface area contributed by atoms with Gasteiger partial charge in [-0.2, -0.15) is 0 Å². The van der Waals surface area contributed by atoms with Gasteiger partial charge in [-0.25, -0.2) is 4.79 Å². The molecule has 21 N–H and O–H groups in total. The highest BCUT2D eigenvalue weighted by molar-refractivity contribution is 5.78. The van der Waals surface area contributed by atoms with Gasteiger partial charge in [-0.15, -0.1) is 0 Å². The van der Waals surface area contributed by atoms with E-state index in [9.17, 15) is 111 Å². The van der Waals surface area contributed by atoms with E-state index in [1.165, 1.54) is 148 Å². The molecule has 0 aliphatic carbocycles. The number of rotatable bonds is 60. The summed E-state index contributed by atoms with van der Waals surface area (Å²) in [6.07, 6.45) is -3.11. The third-order valence-electron chi connectivity index (χ3n) is 22.3. The fraction of sp³-hybridized carbons (Fsp3) is 0.901. The van der Waals surface area contributed by atoms with Crippen molar-refractivity contribution in [2.75, 3.05) is 46.2 Å². The van der Waals surface area contributed by atoms with Gasteiger partial charge in [0.15, 0.2) is 25.2 Å². The van der Waals surface area contributed by atoms with Crippen molar-refractivity contribution in [3.63, 3.8) is 0 Å². The highest BCUT2D eigenvalue weighted by atomic mass is 16.8. The van der Waals surface area contributed by atoms with Crippen LogP contribution in [0.25, 0.3) is 0 Å². The van der Waals surface area contributed by atoms with Gasteiger partial charge in [0.25, 0.3) is 5.79 Å². The van der Waals surface area contributed by atoms with Crippen LogP contribution in [0.2, 0.25) is 0 Å². The summed E-state index contributed by atoms with van der Waals surface area (Å²) in [6.45, 7) is -1.63. The lowest BCUT2D eigenvalue weighted by atomic mass is 9.88. The number of carboxylic acids is 1. The molecule has 0 bridgehead atoms. The fourth-order valence-electron chi connectivity index (χ4n) is 15.4. The molecule has 116 heavy (non-hydrogen) atoms. The van der Waals surface area contributed by atoms with Crippen LogP contribution in [0.4, 0.5) is 0 Å². The van der Waals surface area contributed by atoms with E-state index in [1.807, 2.05) is 6.08 Å². The normalized spacial score (nSPS) is 32.9. The molecule has 28 atom stereocenters. The third kappa shape index (κ3) is 33.5. The number of hydrogen-bond acceptors (Lipinski definition) is 31. The Balaban J connectivity index is 1.20. The number of aliphatic hydroxyl groups excluding tert-OH is 17. The van der Waals surface area contributed by atoms with Gasteiger partial charge in [-0.1, -0.05) is 205 Å². The Kier molecular flexibility index (Phi) is 50.4. The van der Waals surface area contributed by atoms with E-state index in [2.05, 4.69) is 41.9 Å². The molecule has 35 heteroatoms. The van der Waals surface area contributed by atoms with Gasteiger partial charge >= 0.3 is 5.97 Å². The van der Waals surface area contributed by atoms with Crippen molar-refractivity contribution in [2.45, 2.75) is 417 Å². The summed E-state index contributed by atoms with van der Waals surface area (Å²) in [5.74, 6) is -7.80. The molecule has 5 aliphatic heterocycles. The Bertz CT molecular complexity index is 2720. The van der Waals surface area contributed by atoms with Gasteiger partial charge in [-0.3, -0.25) is 14.4 Å². The molecule has 0 saturated carbocycles. The molecule has 5 aliphatic rings. The maximum absolute atomic E-state index is 13.6. The maximum Gasteiger partial charge on any atom is 0.364 e. The molecule has 10 unspecified atom stereocenters. The summed E-state index contributed by atoms with van der Waals surface area (Å²) in [5.41, 5.74) is 0. The maximum atomic E-state index is 13.6. The van der Waals surface area contributed by atoms with Crippen molar-refractivity contribution in [1.82, 2.24) is 16.0 Å². The van der Waals surface area contributed by atoms with Crippen LogP contribution in [-0.4, -0.2) is 333 Å². The number of carbonyl (C=O) groups excluding carboxylic acids is 3. The number of allylic oxidation sites excluding steroid dienone is 3. The minimum atomic E-state index is -3.26. The second-order valence-corrected chi connectivity index (χ2v) is 31.8. The Morgan fingerprint density at radius 2 is 0.879 bits per heavy atom. The lowest BCUT2D eigenvalue weighted by Gasteiger charge is -2.51. The minimum Gasteiger partial charge on any atom is -0.477 e. The number of carboxylic acid groups (broad SMARTS) is 1. The van der Waals surface area contributed by atoms with Crippen LogP contribution in [0, 0.1) is 0 Å². The van der Waals surface area contributed by atoms with Crippen LogP contribution in [0.3, 0.4) is 0 Å². The molecule has 5 heterocycles. The molecular weight excluding hydrogens is 1530 g/mol. The lowest BCUT2D eigenvalue weighted by molar-refractivity contribution is -0.390. The monoisotopic (exact) mass is 1670 g/mol. The molecule has 0 aromatic rings. The largest absolute Gasteiger partial charge is 0.477 e. The Labute approximate surface area is 682 Å². The van der Waals surface area contributed by atoms with Crippen molar-refractivity contribution in [1.29, 1.82) is 0 Å². The number of hydrogen-bond donors (Lipinski definition) is 21. The molecule has 5 rings (SSSR count). The average Bonchev–Trinajstić information content (AvgIpc) is 0.754. The number of nitrogens with one attached hydrogen (secondary N) is 3. The molecule has 5 saturated heterocycles. The van der Waals surface area contributed by atoms with Crippen molar-refractivity contribution in [2.24, 2.45) is 0 Å². The summed E-state index contributed by atoms with van der Waals surface area (Å²) < 4.78 is 58.8. The third-order valence-corrected chi connectivity index (χ3v) is 22.3. The predicted molar refractivity (Wildman–Crippen MR) is 417 cm³/mol. The highest BCUT2D eigenvalue weighted by Gasteiger charge is 2.61. The van der Waals surface area contributed by atoms with Crippen LogP contribution in [-0.2, 0) is 66.5 Å². The summed E-state index contributed by atoms with van der Waals surface area (Å²) in [6, 6.07) is -4.79. The molecule has 5 fully saturated rings. The van der Waals surface area contributed by atoms with E-state index in [1.54, 1.807) is 6.08 Å². The molecule has 0 radical (unpaired) electrons. The summed E-state index contributed by atoms with van der Waals surface area (Å²) in [5, 5.41) is 206. The van der Waals surface area contributed by atoms with Crippen molar-refractivity contribution in [3.05, 3.63) is 24.3 Å². The van der Waals surface area contributed by atoms with Gasteiger partial charge < -0.3 is 155 Å². The van der Waals surface area contributed by atoms with Gasteiger partial charge in [0, 0.05) is 19.8 Å². The topological polar surface area (TPSA) is 561 Å². The number of ether oxygens (including phenoxy) is 10. The number of carbonyl (C=O) groups is 4. The van der Waals surface area contributed by atoms with E-state index in [-0.39, 0.29) is 12.3 Å². The van der Waals surface area contributed by atoms with E-state index >= 15 is 0 Å². The molecule has 3 amide bonds. The average molecular weight is 1670 g/mol. The van der Waals surface area contributed by atoms with Gasteiger partial charge in [0.2, 0.25) is 17.7 Å². The van der Waals surface area contributed by atoms with E-state index < -0.39 is 242 Å². The predicted octanol–water partition coefficient (Wildman–Crippen LogP) is 0.827. The molecule has 35 nitrogen and oxygen atoms in total. The van der Waals surface area contributed by atoms with Gasteiger partial charge in [0.05, 0.1) is 63.9 Å².